The maximum Gasteiger partial charge on any atom is 0.222 e. The number of carbonyl (C=O) groups is 1. The number of benzene rings is 1. The van der Waals surface area contributed by atoms with Crippen LogP contribution in [-0.4, -0.2) is 55.0 Å². The van der Waals surface area contributed by atoms with Gasteiger partial charge in [-0.2, -0.15) is 0 Å². The van der Waals surface area contributed by atoms with Crippen molar-refractivity contribution in [2.45, 2.75) is 52.5 Å². The Hall–Kier alpha value is -1.55. The van der Waals surface area contributed by atoms with E-state index in [2.05, 4.69) is 57.0 Å². The molecule has 0 radical (unpaired) electrons. The van der Waals surface area contributed by atoms with Gasteiger partial charge in [0, 0.05) is 32.1 Å². The molecule has 140 valence electrons. The smallest absolute Gasteiger partial charge is 0.222 e. The van der Waals surface area contributed by atoms with E-state index in [9.17, 15) is 4.79 Å². The fourth-order valence-corrected chi connectivity index (χ4v) is 3.47. The van der Waals surface area contributed by atoms with Gasteiger partial charge in [0.05, 0.1) is 6.61 Å². The van der Waals surface area contributed by atoms with E-state index >= 15 is 0 Å². The predicted octanol–water partition coefficient (Wildman–Crippen LogP) is 3.60. The van der Waals surface area contributed by atoms with Crippen LogP contribution in [0.1, 0.15) is 45.6 Å². The first-order valence-electron chi connectivity index (χ1n) is 9.69. The molecule has 1 heterocycles. The molecule has 0 spiro atoms. The number of hydrogen-bond acceptors (Lipinski definition) is 3. The van der Waals surface area contributed by atoms with Crippen LogP contribution in [0.25, 0.3) is 0 Å². The first-order chi connectivity index (χ1) is 12.0. The molecule has 1 unspecified atom stereocenters. The molecule has 25 heavy (non-hydrogen) atoms. The van der Waals surface area contributed by atoms with Crippen molar-refractivity contribution in [2.24, 2.45) is 5.92 Å². The van der Waals surface area contributed by atoms with E-state index in [0.29, 0.717) is 24.3 Å². The summed E-state index contributed by atoms with van der Waals surface area (Å²) in [5.74, 6) is 1.86. The molecule has 0 aliphatic carbocycles. The number of piperidine rings is 1. The van der Waals surface area contributed by atoms with Gasteiger partial charge < -0.3 is 14.5 Å². The van der Waals surface area contributed by atoms with Gasteiger partial charge in [-0.1, -0.05) is 19.1 Å². The highest BCUT2D eigenvalue weighted by atomic mass is 16.5. The van der Waals surface area contributed by atoms with Gasteiger partial charge in [0.15, 0.2) is 0 Å². The van der Waals surface area contributed by atoms with Crippen molar-refractivity contribution in [3.8, 4) is 5.75 Å². The minimum absolute atomic E-state index is 0.313. The zero-order valence-corrected chi connectivity index (χ0v) is 16.3. The molecule has 1 saturated heterocycles. The van der Waals surface area contributed by atoms with Crippen molar-refractivity contribution >= 4 is 5.91 Å². The normalized spacial score (nSPS) is 18.2. The van der Waals surface area contributed by atoms with Gasteiger partial charge in [-0.05, 0) is 63.8 Å². The Morgan fingerprint density at radius 3 is 2.64 bits per heavy atom. The third-order valence-electron chi connectivity index (χ3n) is 5.02. The Kier molecular flexibility index (Phi) is 7.76. The molecule has 4 heteroatoms. The van der Waals surface area contributed by atoms with E-state index in [1.165, 1.54) is 5.56 Å². The average Bonchev–Trinajstić information content (AvgIpc) is 2.60. The minimum Gasteiger partial charge on any atom is -0.494 e. The summed E-state index contributed by atoms with van der Waals surface area (Å²) in [4.78, 5) is 16.4. The van der Waals surface area contributed by atoms with E-state index in [1.54, 1.807) is 0 Å². The lowest BCUT2D eigenvalue weighted by molar-refractivity contribution is -0.136. The molecule has 1 fully saturated rings. The Balaban J connectivity index is 1.65. The lowest BCUT2D eigenvalue weighted by Crippen LogP contribution is -2.46. The van der Waals surface area contributed by atoms with Crippen LogP contribution in [0.3, 0.4) is 0 Å². The second kappa shape index (κ2) is 9.81. The molecular weight excluding hydrogens is 312 g/mol. The van der Waals surface area contributed by atoms with Crippen molar-refractivity contribution in [1.29, 1.82) is 0 Å². The summed E-state index contributed by atoms with van der Waals surface area (Å²) >= 11 is 0. The average molecular weight is 347 g/mol. The SMILES string of the molecule is CCc1ccc(OCCCN(C)CC2CCC(=O)N(C(C)C)C2)cc1. The maximum atomic E-state index is 11.9. The molecule has 2 rings (SSSR count). The molecule has 1 aliphatic rings. The second-order valence-electron chi connectivity index (χ2n) is 7.51. The third kappa shape index (κ3) is 6.35. The fraction of sp³-hybridized carbons (Fsp3) is 0.667. The molecule has 0 bridgehead atoms. The number of rotatable bonds is 9. The maximum absolute atomic E-state index is 11.9. The molecule has 1 aliphatic heterocycles. The molecule has 0 N–H and O–H groups in total. The van der Waals surface area contributed by atoms with E-state index in [0.717, 1.165) is 51.3 Å². The predicted molar refractivity (Wildman–Crippen MR) is 103 cm³/mol. The van der Waals surface area contributed by atoms with Gasteiger partial charge in [-0.3, -0.25) is 4.79 Å². The van der Waals surface area contributed by atoms with Gasteiger partial charge in [0.1, 0.15) is 5.75 Å². The summed E-state index contributed by atoms with van der Waals surface area (Å²) in [6, 6.07) is 8.69. The van der Waals surface area contributed by atoms with E-state index < -0.39 is 0 Å². The van der Waals surface area contributed by atoms with Crippen LogP contribution in [0.4, 0.5) is 0 Å². The second-order valence-corrected chi connectivity index (χ2v) is 7.51. The van der Waals surface area contributed by atoms with Crippen LogP contribution in [0.2, 0.25) is 0 Å². The minimum atomic E-state index is 0.313. The lowest BCUT2D eigenvalue weighted by Gasteiger charge is -2.37. The summed E-state index contributed by atoms with van der Waals surface area (Å²) in [5, 5.41) is 0. The summed E-state index contributed by atoms with van der Waals surface area (Å²) < 4.78 is 5.83. The molecule has 1 aromatic carbocycles. The van der Waals surface area contributed by atoms with Gasteiger partial charge >= 0.3 is 0 Å². The summed E-state index contributed by atoms with van der Waals surface area (Å²) in [6.45, 7) is 10.1. The van der Waals surface area contributed by atoms with Crippen molar-refractivity contribution in [3.63, 3.8) is 0 Å². The van der Waals surface area contributed by atoms with Crippen molar-refractivity contribution in [1.82, 2.24) is 9.80 Å². The molecule has 0 aromatic heterocycles. The van der Waals surface area contributed by atoms with Crippen molar-refractivity contribution < 1.29 is 9.53 Å². The number of aryl methyl sites for hydroxylation is 1. The molecule has 1 atom stereocenters. The van der Waals surface area contributed by atoms with Crippen molar-refractivity contribution in [3.05, 3.63) is 29.8 Å². The first-order valence-corrected chi connectivity index (χ1v) is 9.69. The Morgan fingerprint density at radius 2 is 2.00 bits per heavy atom. The van der Waals surface area contributed by atoms with E-state index in [4.69, 9.17) is 4.74 Å². The van der Waals surface area contributed by atoms with Crippen LogP contribution in [0.15, 0.2) is 24.3 Å². The number of likely N-dealkylation sites (tertiary alicyclic amines) is 1. The number of hydrogen-bond donors (Lipinski definition) is 0. The highest BCUT2D eigenvalue weighted by Gasteiger charge is 2.27. The Bertz CT molecular complexity index is 527. The van der Waals surface area contributed by atoms with Gasteiger partial charge in [-0.25, -0.2) is 0 Å². The quantitative estimate of drug-likeness (QED) is 0.641. The lowest BCUT2D eigenvalue weighted by atomic mass is 9.96. The molecule has 1 amide bonds. The van der Waals surface area contributed by atoms with Gasteiger partial charge in [-0.15, -0.1) is 0 Å². The van der Waals surface area contributed by atoms with Crippen LogP contribution in [0, 0.1) is 5.92 Å². The van der Waals surface area contributed by atoms with Gasteiger partial charge in [0.25, 0.3) is 0 Å². The zero-order valence-electron chi connectivity index (χ0n) is 16.3. The zero-order chi connectivity index (χ0) is 18.2. The number of nitrogens with zero attached hydrogens (tertiary/aromatic N) is 2. The highest BCUT2D eigenvalue weighted by Crippen LogP contribution is 2.20. The van der Waals surface area contributed by atoms with E-state index in [1.807, 2.05) is 4.90 Å². The van der Waals surface area contributed by atoms with E-state index in [-0.39, 0.29) is 0 Å². The standard InChI is InChI=1S/C21H34N2O2/c1-5-18-7-10-20(11-8-18)25-14-6-13-22(4)15-19-9-12-21(24)23(16-19)17(2)3/h7-8,10-11,17,19H,5-6,9,12-16H2,1-4H3. The topological polar surface area (TPSA) is 32.8 Å². The third-order valence-corrected chi connectivity index (χ3v) is 5.02. The van der Waals surface area contributed by atoms with Crippen LogP contribution < -0.4 is 4.74 Å². The first kappa shape index (κ1) is 19.8. The Labute approximate surface area is 153 Å². The molecule has 4 nitrogen and oxygen atoms in total. The summed E-state index contributed by atoms with van der Waals surface area (Å²) in [5.41, 5.74) is 1.34. The van der Waals surface area contributed by atoms with Crippen LogP contribution in [0.5, 0.6) is 5.75 Å². The summed E-state index contributed by atoms with van der Waals surface area (Å²) in [7, 11) is 2.17. The molecule has 0 saturated carbocycles. The van der Waals surface area contributed by atoms with Crippen LogP contribution >= 0.6 is 0 Å². The fourth-order valence-electron chi connectivity index (χ4n) is 3.47. The number of carbonyl (C=O) groups excluding carboxylic acids is 1. The van der Waals surface area contributed by atoms with Crippen LogP contribution in [-0.2, 0) is 11.2 Å². The van der Waals surface area contributed by atoms with Crippen molar-refractivity contribution in [2.75, 3.05) is 33.3 Å². The molecule has 1 aromatic rings. The van der Waals surface area contributed by atoms with Gasteiger partial charge in [0.2, 0.25) is 5.91 Å². The number of amides is 1. The highest BCUT2D eigenvalue weighted by molar-refractivity contribution is 5.77. The summed E-state index contributed by atoms with van der Waals surface area (Å²) in [6.07, 6.45) is 3.80. The Morgan fingerprint density at radius 1 is 1.28 bits per heavy atom. The monoisotopic (exact) mass is 346 g/mol. The molecular formula is C21H34N2O2. The number of ether oxygens (including phenoxy) is 1. The largest absolute Gasteiger partial charge is 0.494 e.